The third-order valence-electron chi connectivity index (χ3n) is 4.65. The number of hydrogen-bond donors (Lipinski definition) is 0. The molecule has 0 aliphatic heterocycles. The number of furan rings is 1. The molecule has 5 rings (SSSR count). The number of fused-ring (bicyclic) bond motifs is 4. The molecule has 0 spiro atoms. The van der Waals surface area contributed by atoms with Crippen molar-refractivity contribution in [1.82, 2.24) is 4.98 Å². The second-order valence-corrected chi connectivity index (χ2v) is 6.16. The van der Waals surface area contributed by atoms with Crippen LogP contribution in [0.1, 0.15) is 5.56 Å². The minimum atomic E-state index is 0.854. The summed E-state index contributed by atoms with van der Waals surface area (Å²) >= 11 is 0. The summed E-state index contributed by atoms with van der Waals surface area (Å²) in [6.07, 6.45) is 1.75. The van der Waals surface area contributed by atoms with Gasteiger partial charge < -0.3 is 4.42 Å². The first-order valence-electron chi connectivity index (χ1n) is 8.07. The number of hydrogen-bond acceptors (Lipinski definition) is 2. The average molecular weight is 309 g/mol. The van der Waals surface area contributed by atoms with E-state index in [0.717, 1.165) is 33.1 Å². The number of aryl methyl sites for hydroxylation is 1. The Kier molecular flexibility index (Phi) is 2.74. The molecule has 0 atom stereocenters. The Morgan fingerprint density at radius 3 is 2.42 bits per heavy atom. The van der Waals surface area contributed by atoms with Gasteiger partial charge in [0.2, 0.25) is 0 Å². The molecule has 2 nitrogen and oxygen atoms in total. The van der Waals surface area contributed by atoms with Crippen LogP contribution in [-0.4, -0.2) is 4.98 Å². The Bertz CT molecular complexity index is 1220. The predicted octanol–water partition coefficient (Wildman–Crippen LogP) is 6.11. The Balaban J connectivity index is 1.91. The highest BCUT2D eigenvalue weighted by molar-refractivity contribution is 6.09. The fourth-order valence-corrected chi connectivity index (χ4v) is 3.47. The molecule has 0 radical (unpaired) electrons. The summed E-state index contributed by atoms with van der Waals surface area (Å²) < 4.78 is 5.82. The van der Waals surface area contributed by atoms with E-state index < -0.39 is 0 Å². The van der Waals surface area contributed by atoms with Gasteiger partial charge in [0.25, 0.3) is 0 Å². The lowest BCUT2D eigenvalue weighted by Gasteiger charge is -2.10. The van der Waals surface area contributed by atoms with E-state index in [-0.39, 0.29) is 0 Å². The summed E-state index contributed by atoms with van der Waals surface area (Å²) in [6, 6.07) is 23.1. The monoisotopic (exact) mass is 309 g/mol. The van der Waals surface area contributed by atoms with Crippen molar-refractivity contribution in [2.24, 2.45) is 0 Å². The maximum Gasteiger partial charge on any atom is 0.160 e. The van der Waals surface area contributed by atoms with E-state index in [1.807, 2.05) is 18.2 Å². The topological polar surface area (TPSA) is 26.0 Å². The van der Waals surface area contributed by atoms with Gasteiger partial charge in [0, 0.05) is 16.3 Å². The average Bonchev–Trinajstić information content (AvgIpc) is 3.10. The standard InChI is InChI=1S/C22H15NO/c1-14-12-15-6-2-3-7-16(15)13-19(14)21-22-18(10-11-24-22)17-8-4-5-9-20(17)23-21/h2-13H,1H3. The van der Waals surface area contributed by atoms with Gasteiger partial charge in [-0.2, -0.15) is 0 Å². The van der Waals surface area contributed by atoms with E-state index in [9.17, 15) is 0 Å². The highest BCUT2D eigenvalue weighted by Gasteiger charge is 2.15. The van der Waals surface area contributed by atoms with E-state index in [4.69, 9.17) is 9.40 Å². The van der Waals surface area contributed by atoms with Crippen LogP contribution in [0.4, 0.5) is 0 Å². The first-order valence-corrected chi connectivity index (χ1v) is 8.07. The van der Waals surface area contributed by atoms with Gasteiger partial charge in [-0.05, 0) is 41.5 Å². The van der Waals surface area contributed by atoms with Crippen molar-refractivity contribution in [3.8, 4) is 11.3 Å². The first-order chi connectivity index (χ1) is 11.8. The van der Waals surface area contributed by atoms with E-state index in [1.54, 1.807) is 6.26 Å². The third-order valence-corrected chi connectivity index (χ3v) is 4.65. The van der Waals surface area contributed by atoms with Gasteiger partial charge in [-0.1, -0.05) is 48.5 Å². The number of rotatable bonds is 1. The molecule has 0 saturated carbocycles. The molecule has 0 amide bonds. The molecule has 2 heteroatoms. The van der Waals surface area contributed by atoms with Crippen LogP contribution in [0.2, 0.25) is 0 Å². The van der Waals surface area contributed by atoms with Gasteiger partial charge in [0.1, 0.15) is 5.69 Å². The Morgan fingerprint density at radius 2 is 1.54 bits per heavy atom. The zero-order chi connectivity index (χ0) is 16.1. The van der Waals surface area contributed by atoms with E-state index in [0.29, 0.717) is 0 Å². The Labute approximate surface area is 139 Å². The van der Waals surface area contributed by atoms with Crippen molar-refractivity contribution < 1.29 is 4.42 Å². The van der Waals surface area contributed by atoms with Crippen molar-refractivity contribution in [2.75, 3.05) is 0 Å². The third kappa shape index (κ3) is 1.86. The molecular weight excluding hydrogens is 294 g/mol. The van der Waals surface area contributed by atoms with Crippen LogP contribution in [0.25, 0.3) is 43.9 Å². The maximum absolute atomic E-state index is 5.82. The van der Waals surface area contributed by atoms with Gasteiger partial charge >= 0.3 is 0 Å². The second-order valence-electron chi connectivity index (χ2n) is 6.16. The normalized spacial score (nSPS) is 11.5. The van der Waals surface area contributed by atoms with Crippen LogP contribution in [0.5, 0.6) is 0 Å². The van der Waals surface area contributed by atoms with E-state index in [2.05, 4.69) is 55.5 Å². The molecule has 114 valence electrons. The highest BCUT2D eigenvalue weighted by Crippen LogP contribution is 2.35. The summed E-state index contributed by atoms with van der Waals surface area (Å²) in [6.45, 7) is 2.13. The van der Waals surface area contributed by atoms with Crippen LogP contribution >= 0.6 is 0 Å². The molecule has 0 aliphatic rings. The Morgan fingerprint density at radius 1 is 0.792 bits per heavy atom. The zero-order valence-electron chi connectivity index (χ0n) is 13.3. The molecule has 3 aromatic carbocycles. The van der Waals surface area contributed by atoms with Crippen LogP contribution in [-0.2, 0) is 0 Å². The molecule has 0 aliphatic carbocycles. The lowest BCUT2D eigenvalue weighted by atomic mass is 9.98. The molecular formula is C22H15NO. The van der Waals surface area contributed by atoms with Gasteiger partial charge in [0.15, 0.2) is 5.58 Å². The minimum Gasteiger partial charge on any atom is -0.462 e. The van der Waals surface area contributed by atoms with Gasteiger partial charge in [-0.25, -0.2) is 4.98 Å². The van der Waals surface area contributed by atoms with Gasteiger partial charge in [-0.15, -0.1) is 0 Å². The highest BCUT2D eigenvalue weighted by atomic mass is 16.3. The van der Waals surface area contributed by atoms with Crippen LogP contribution in [0.3, 0.4) is 0 Å². The molecule has 0 fully saturated rings. The van der Waals surface area contributed by atoms with E-state index in [1.165, 1.54) is 16.3 Å². The SMILES string of the molecule is Cc1cc2ccccc2cc1-c1nc2ccccc2c2ccoc12. The molecule has 0 N–H and O–H groups in total. The number of nitrogens with zero attached hydrogens (tertiary/aromatic N) is 1. The summed E-state index contributed by atoms with van der Waals surface area (Å²) in [7, 11) is 0. The summed E-state index contributed by atoms with van der Waals surface area (Å²) in [4.78, 5) is 4.92. The molecule has 0 unspecified atom stereocenters. The summed E-state index contributed by atoms with van der Waals surface area (Å²) in [5.74, 6) is 0. The predicted molar refractivity (Wildman–Crippen MR) is 99.2 cm³/mol. The molecule has 24 heavy (non-hydrogen) atoms. The minimum absolute atomic E-state index is 0.854. The molecule has 2 heterocycles. The molecule has 5 aromatic rings. The fourth-order valence-electron chi connectivity index (χ4n) is 3.47. The fraction of sp³-hybridized carbons (Fsp3) is 0.0455. The summed E-state index contributed by atoms with van der Waals surface area (Å²) in [5, 5.41) is 4.70. The van der Waals surface area contributed by atoms with Crippen molar-refractivity contribution in [1.29, 1.82) is 0 Å². The first kappa shape index (κ1) is 13.3. The second kappa shape index (κ2) is 4.93. The van der Waals surface area contributed by atoms with Crippen LogP contribution in [0.15, 0.2) is 77.4 Å². The number of pyridine rings is 1. The van der Waals surface area contributed by atoms with Crippen LogP contribution in [0, 0.1) is 6.92 Å². The van der Waals surface area contributed by atoms with Crippen LogP contribution < -0.4 is 0 Å². The Hall–Kier alpha value is -3.13. The molecule has 0 saturated heterocycles. The van der Waals surface area contributed by atoms with Crippen molar-refractivity contribution in [2.45, 2.75) is 6.92 Å². The molecule has 0 bridgehead atoms. The quantitative estimate of drug-likeness (QED) is 0.373. The number of benzene rings is 3. The maximum atomic E-state index is 5.82. The van der Waals surface area contributed by atoms with Gasteiger partial charge in [0.05, 0.1) is 11.8 Å². The van der Waals surface area contributed by atoms with E-state index >= 15 is 0 Å². The smallest absolute Gasteiger partial charge is 0.160 e. The number of aromatic nitrogens is 1. The van der Waals surface area contributed by atoms with Crippen molar-refractivity contribution in [3.63, 3.8) is 0 Å². The van der Waals surface area contributed by atoms with Crippen molar-refractivity contribution >= 4 is 32.6 Å². The largest absolute Gasteiger partial charge is 0.462 e. The lowest BCUT2D eigenvalue weighted by Crippen LogP contribution is -1.90. The number of para-hydroxylation sites is 1. The zero-order valence-corrected chi connectivity index (χ0v) is 13.3. The summed E-state index contributed by atoms with van der Waals surface area (Å²) in [5.41, 5.74) is 5.09. The van der Waals surface area contributed by atoms with Crippen molar-refractivity contribution in [3.05, 3.63) is 78.6 Å². The molecule has 2 aromatic heterocycles. The van der Waals surface area contributed by atoms with Gasteiger partial charge in [-0.3, -0.25) is 0 Å². The lowest BCUT2D eigenvalue weighted by molar-refractivity contribution is 0.616.